The average Bonchev–Trinajstić information content (AvgIpc) is 3.09. The molecule has 0 unspecified atom stereocenters. The molecule has 27 heavy (non-hydrogen) atoms. The summed E-state index contributed by atoms with van der Waals surface area (Å²) >= 11 is 2.48. The van der Waals surface area contributed by atoms with Crippen molar-refractivity contribution in [1.82, 2.24) is 14.3 Å². The third-order valence-corrected chi connectivity index (χ3v) is 7.08. The van der Waals surface area contributed by atoms with E-state index in [0.29, 0.717) is 21.1 Å². The number of thioether (sulfide) groups is 1. The summed E-state index contributed by atoms with van der Waals surface area (Å²) < 4.78 is 25.2. The van der Waals surface area contributed by atoms with E-state index in [-0.39, 0.29) is 22.1 Å². The van der Waals surface area contributed by atoms with Crippen molar-refractivity contribution in [3.63, 3.8) is 0 Å². The molecule has 11 heteroatoms. The molecule has 3 aromatic rings. The number of hydrogen-bond acceptors (Lipinski definition) is 7. The zero-order chi connectivity index (χ0) is 19.6. The van der Waals surface area contributed by atoms with Crippen molar-refractivity contribution in [2.24, 2.45) is 0 Å². The summed E-state index contributed by atoms with van der Waals surface area (Å²) in [5.41, 5.74) is 0.246. The molecular formula is C16H16N4O4S3. The molecule has 2 heterocycles. The molecule has 0 fully saturated rings. The van der Waals surface area contributed by atoms with Crippen LogP contribution in [0.3, 0.4) is 0 Å². The Balaban J connectivity index is 1.63. The number of nitrogens with one attached hydrogen (secondary N) is 2. The Labute approximate surface area is 163 Å². The number of H-pyrrole nitrogens is 1. The van der Waals surface area contributed by atoms with E-state index in [4.69, 9.17) is 0 Å². The molecule has 1 amide bonds. The fraction of sp³-hybridized carbons (Fsp3) is 0.188. The van der Waals surface area contributed by atoms with Gasteiger partial charge in [0.2, 0.25) is 15.9 Å². The third-order valence-electron chi connectivity index (χ3n) is 3.57. The van der Waals surface area contributed by atoms with Crippen LogP contribution >= 0.6 is 23.1 Å². The number of amides is 1. The van der Waals surface area contributed by atoms with Gasteiger partial charge in [-0.1, -0.05) is 11.8 Å². The number of carbonyl (C=O) groups is 1. The van der Waals surface area contributed by atoms with Crippen LogP contribution < -0.4 is 10.9 Å². The fourth-order valence-corrected chi connectivity index (χ4v) is 4.55. The van der Waals surface area contributed by atoms with E-state index >= 15 is 0 Å². The van der Waals surface area contributed by atoms with Crippen LogP contribution in [0.15, 0.2) is 50.6 Å². The van der Waals surface area contributed by atoms with Crippen LogP contribution in [-0.4, -0.2) is 48.4 Å². The Bertz CT molecular complexity index is 1130. The monoisotopic (exact) mass is 424 g/mol. The van der Waals surface area contributed by atoms with E-state index in [9.17, 15) is 18.0 Å². The van der Waals surface area contributed by atoms with Crippen LogP contribution in [0.2, 0.25) is 0 Å². The SMILES string of the molecule is CN(C)S(=O)(=O)c1ccc(NC(=O)CSc2nc3sccc3c(=O)[nH]2)cc1. The smallest absolute Gasteiger partial charge is 0.260 e. The molecule has 0 saturated carbocycles. The van der Waals surface area contributed by atoms with Gasteiger partial charge in [0, 0.05) is 19.8 Å². The minimum atomic E-state index is -3.51. The van der Waals surface area contributed by atoms with Gasteiger partial charge < -0.3 is 10.3 Å². The Morgan fingerprint density at radius 2 is 1.96 bits per heavy atom. The highest BCUT2D eigenvalue weighted by molar-refractivity contribution is 7.99. The largest absolute Gasteiger partial charge is 0.325 e. The number of hydrogen-bond donors (Lipinski definition) is 2. The topological polar surface area (TPSA) is 112 Å². The second-order valence-electron chi connectivity index (χ2n) is 5.66. The van der Waals surface area contributed by atoms with Crippen molar-refractivity contribution in [3.05, 3.63) is 46.1 Å². The van der Waals surface area contributed by atoms with Gasteiger partial charge in [0.15, 0.2) is 5.16 Å². The fourth-order valence-electron chi connectivity index (χ4n) is 2.17. The Hall–Kier alpha value is -2.21. The number of nitrogens with zero attached hydrogens (tertiary/aromatic N) is 2. The number of fused-ring (bicyclic) bond motifs is 1. The van der Waals surface area contributed by atoms with Gasteiger partial charge in [0.25, 0.3) is 5.56 Å². The number of aromatic amines is 1. The number of rotatable bonds is 6. The highest BCUT2D eigenvalue weighted by atomic mass is 32.2. The van der Waals surface area contributed by atoms with Crippen LogP contribution in [-0.2, 0) is 14.8 Å². The van der Waals surface area contributed by atoms with Crippen molar-refractivity contribution in [3.8, 4) is 0 Å². The molecule has 8 nitrogen and oxygen atoms in total. The summed E-state index contributed by atoms with van der Waals surface area (Å²) in [5.74, 6) is -0.241. The maximum Gasteiger partial charge on any atom is 0.260 e. The van der Waals surface area contributed by atoms with Gasteiger partial charge in [0.1, 0.15) is 4.83 Å². The quantitative estimate of drug-likeness (QED) is 0.462. The van der Waals surface area contributed by atoms with Gasteiger partial charge in [0.05, 0.1) is 16.0 Å². The Kier molecular flexibility index (Phi) is 5.65. The predicted molar refractivity (Wildman–Crippen MR) is 107 cm³/mol. The molecule has 0 aliphatic heterocycles. The second kappa shape index (κ2) is 7.80. The number of carbonyl (C=O) groups excluding carboxylic acids is 1. The minimum absolute atomic E-state index is 0.0531. The van der Waals surface area contributed by atoms with Crippen molar-refractivity contribution in [2.45, 2.75) is 10.1 Å². The lowest BCUT2D eigenvalue weighted by molar-refractivity contribution is -0.113. The zero-order valence-electron chi connectivity index (χ0n) is 14.4. The standard InChI is InChI=1S/C16H16N4O4S3/c1-20(2)27(23,24)11-5-3-10(4-6-11)17-13(21)9-26-16-18-14(22)12-7-8-25-15(12)19-16/h3-8H,9H2,1-2H3,(H,17,21)(H,18,19,22). The first-order valence-corrected chi connectivity index (χ1v) is 11.0. The van der Waals surface area contributed by atoms with Crippen molar-refractivity contribution in [1.29, 1.82) is 0 Å². The number of anilines is 1. The third kappa shape index (κ3) is 4.38. The van der Waals surface area contributed by atoms with Crippen LogP contribution in [0.1, 0.15) is 0 Å². The van der Waals surface area contributed by atoms with Gasteiger partial charge >= 0.3 is 0 Å². The van der Waals surface area contributed by atoms with Crippen LogP contribution in [0.25, 0.3) is 10.2 Å². The number of benzene rings is 1. The second-order valence-corrected chi connectivity index (χ2v) is 9.67. The molecule has 0 saturated heterocycles. The van der Waals surface area contributed by atoms with Gasteiger partial charge in [-0.3, -0.25) is 9.59 Å². The predicted octanol–water partition coefficient (Wildman–Crippen LogP) is 1.97. The van der Waals surface area contributed by atoms with Crippen molar-refractivity contribution < 1.29 is 13.2 Å². The van der Waals surface area contributed by atoms with E-state index in [0.717, 1.165) is 16.1 Å². The summed E-state index contributed by atoms with van der Waals surface area (Å²) in [5, 5.41) is 5.37. The normalized spacial score (nSPS) is 11.8. The molecule has 0 bridgehead atoms. The lowest BCUT2D eigenvalue weighted by Gasteiger charge is -2.12. The Morgan fingerprint density at radius 3 is 2.63 bits per heavy atom. The summed E-state index contributed by atoms with van der Waals surface area (Å²) in [6.45, 7) is 0. The molecule has 0 aliphatic rings. The number of thiophene rings is 1. The highest BCUT2D eigenvalue weighted by Crippen LogP contribution is 2.20. The molecule has 2 N–H and O–H groups in total. The lowest BCUT2D eigenvalue weighted by Crippen LogP contribution is -2.22. The van der Waals surface area contributed by atoms with Crippen LogP contribution in [0.5, 0.6) is 0 Å². The summed E-state index contributed by atoms with van der Waals surface area (Å²) in [6.07, 6.45) is 0. The first-order chi connectivity index (χ1) is 12.8. The molecular weight excluding hydrogens is 408 g/mol. The van der Waals surface area contributed by atoms with E-state index in [1.165, 1.54) is 49.7 Å². The van der Waals surface area contributed by atoms with Crippen LogP contribution in [0.4, 0.5) is 5.69 Å². The lowest BCUT2D eigenvalue weighted by atomic mass is 10.3. The molecule has 2 aromatic heterocycles. The molecule has 0 radical (unpaired) electrons. The molecule has 0 atom stereocenters. The maximum atomic E-state index is 12.1. The van der Waals surface area contributed by atoms with E-state index in [2.05, 4.69) is 15.3 Å². The minimum Gasteiger partial charge on any atom is -0.325 e. The highest BCUT2D eigenvalue weighted by Gasteiger charge is 2.16. The summed E-state index contributed by atoms with van der Waals surface area (Å²) in [6, 6.07) is 7.62. The first-order valence-electron chi connectivity index (χ1n) is 7.70. The maximum absolute atomic E-state index is 12.1. The number of aromatic nitrogens is 2. The van der Waals surface area contributed by atoms with Crippen molar-refractivity contribution >= 4 is 54.9 Å². The van der Waals surface area contributed by atoms with E-state index < -0.39 is 10.0 Å². The molecule has 3 rings (SSSR count). The Morgan fingerprint density at radius 1 is 1.26 bits per heavy atom. The summed E-state index contributed by atoms with van der Waals surface area (Å²) in [4.78, 5) is 31.7. The van der Waals surface area contributed by atoms with Gasteiger partial charge in [-0.2, -0.15) is 0 Å². The molecule has 0 spiro atoms. The summed E-state index contributed by atoms with van der Waals surface area (Å²) in [7, 11) is -0.605. The molecule has 1 aromatic carbocycles. The first kappa shape index (κ1) is 19.5. The van der Waals surface area contributed by atoms with Crippen molar-refractivity contribution in [2.75, 3.05) is 25.2 Å². The molecule has 0 aliphatic carbocycles. The zero-order valence-corrected chi connectivity index (χ0v) is 16.9. The van der Waals surface area contributed by atoms with E-state index in [1.807, 2.05) is 0 Å². The van der Waals surface area contributed by atoms with Gasteiger partial charge in [-0.05, 0) is 35.7 Å². The van der Waals surface area contributed by atoms with Crippen LogP contribution in [0, 0.1) is 0 Å². The average molecular weight is 425 g/mol. The van der Waals surface area contributed by atoms with Gasteiger partial charge in [-0.15, -0.1) is 11.3 Å². The number of sulfonamides is 1. The van der Waals surface area contributed by atoms with Gasteiger partial charge in [-0.25, -0.2) is 17.7 Å². The van der Waals surface area contributed by atoms with E-state index in [1.54, 1.807) is 11.4 Å². The molecule has 142 valence electrons.